The molecule has 0 unspecified atom stereocenters. The van der Waals surface area contributed by atoms with Crippen molar-refractivity contribution >= 4 is 16.7 Å². The molecule has 6 heteroatoms. The predicted octanol–water partition coefficient (Wildman–Crippen LogP) is 3.48. The Morgan fingerprint density at radius 3 is 2.59 bits per heavy atom. The maximum atomic E-state index is 13.4. The van der Waals surface area contributed by atoms with Crippen LogP contribution in [-0.4, -0.2) is 52.6 Å². The van der Waals surface area contributed by atoms with Gasteiger partial charge in [-0.1, -0.05) is 17.3 Å². The van der Waals surface area contributed by atoms with Gasteiger partial charge >= 0.3 is 0 Å². The molecule has 0 atom stereocenters. The number of unbranched alkanes of at least 4 members (excludes halogenated alkanes) is 1. The van der Waals surface area contributed by atoms with Gasteiger partial charge in [-0.3, -0.25) is 4.90 Å². The van der Waals surface area contributed by atoms with E-state index in [4.69, 9.17) is 0 Å². The average molecular weight is 367 g/mol. The largest absolute Gasteiger partial charge is 0.369 e. The summed E-state index contributed by atoms with van der Waals surface area (Å²) in [6.07, 6.45) is 2.13. The summed E-state index contributed by atoms with van der Waals surface area (Å²) in [5, 5.41) is 8.25. The van der Waals surface area contributed by atoms with E-state index in [1.54, 1.807) is 6.07 Å². The van der Waals surface area contributed by atoms with Crippen molar-refractivity contribution in [3.05, 3.63) is 53.8 Å². The second kappa shape index (κ2) is 8.05. The lowest BCUT2D eigenvalue weighted by molar-refractivity contribution is 0.251. The monoisotopic (exact) mass is 367 g/mol. The minimum Gasteiger partial charge on any atom is -0.369 e. The van der Waals surface area contributed by atoms with Gasteiger partial charge in [-0.15, -0.1) is 5.10 Å². The number of nitrogens with zero attached hydrogens (tertiary/aromatic N) is 5. The molecule has 0 saturated carbocycles. The minimum absolute atomic E-state index is 0.238. The number of aryl methyl sites for hydroxylation is 2. The van der Waals surface area contributed by atoms with Gasteiger partial charge in [0.25, 0.3) is 0 Å². The van der Waals surface area contributed by atoms with Gasteiger partial charge in [-0.25, -0.2) is 9.07 Å². The summed E-state index contributed by atoms with van der Waals surface area (Å²) < 4.78 is 15.2. The molecule has 2 heterocycles. The quantitative estimate of drug-likeness (QED) is 0.625. The summed E-state index contributed by atoms with van der Waals surface area (Å²) in [5.74, 6) is -0.238. The number of halogens is 1. The number of hydrogen-bond acceptors (Lipinski definition) is 4. The highest BCUT2D eigenvalue weighted by atomic mass is 19.1. The summed E-state index contributed by atoms with van der Waals surface area (Å²) in [6.45, 7) is 8.39. The third kappa shape index (κ3) is 4.27. The van der Waals surface area contributed by atoms with E-state index in [9.17, 15) is 4.39 Å². The SMILES string of the molecule is Cc1cccc(N2CCN(CCCCn3nnc4ccc(F)cc43)CC2)c1. The lowest BCUT2D eigenvalue weighted by Gasteiger charge is -2.36. The van der Waals surface area contributed by atoms with Crippen molar-refractivity contribution in [2.45, 2.75) is 26.3 Å². The molecule has 1 aliphatic heterocycles. The van der Waals surface area contributed by atoms with Crippen molar-refractivity contribution in [1.82, 2.24) is 19.9 Å². The lowest BCUT2D eigenvalue weighted by atomic mass is 10.2. The molecule has 27 heavy (non-hydrogen) atoms. The molecule has 1 fully saturated rings. The first-order valence-corrected chi connectivity index (χ1v) is 9.72. The summed E-state index contributed by atoms with van der Waals surface area (Å²) in [5.41, 5.74) is 4.18. The van der Waals surface area contributed by atoms with E-state index in [0.717, 1.165) is 63.1 Å². The standard InChI is InChI=1S/C21H26FN5/c1-17-5-4-6-19(15-17)26-13-11-25(12-14-26)9-2-3-10-27-21-16-18(22)7-8-20(21)23-24-27/h4-8,15-16H,2-3,9-14H2,1H3. The maximum absolute atomic E-state index is 13.4. The smallest absolute Gasteiger partial charge is 0.125 e. The topological polar surface area (TPSA) is 37.2 Å². The molecule has 2 aromatic carbocycles. The zero-order valence-corrected chi connectivity index (χ0v) is 15.8. The molecule has 0 N–H and O–H groups in total. The van der Waals surface area contributed by atoms with Crippen LogP contribution in [0.2, 0.25) is 0 Å². The van der Waals surface area contributed by atoms with Crippen LogP contribution in [0.5, 0.6) is 0 Å². The first kappa shape index (κ1) is 17.9. The third-order valence-corrected chi connectivity index (χ3v) is 5.31. The molecule has 5 nitrogen and oxygen atoms in total. The highest BCUT2D eigenvalue weighted by Gasteiger charge is 2.16. The lowest BCUT2D eigenvalue weighted by Crippen LogP contribution is -2.46. The number of anilines is 1. The number of hydrogen-bond donors (Lipinski definition) is 0. The Morgan fingerprint density at radius 2 is 1.78 bits per heavy atom. The van der Waals surface area contributed by atoms with Crippen molar-refractivity contribution in [3.63, 3.8) is 0 Å². The third-order valence-electron chi connectivity index (χ3n) is 5.31. The first-order valence-electron chi connectivity index (χ1n) is 9.72. The van der Waals surface area contributed by atoms with Gasteiger partial charge in [0.1, 0.15) is 11.3 Å². The Morgan fingerprint density at radius 1 is 0.963 bits per heavy atom. The Labute approximate surface area is 159 Å². The van der Waals surface area contributed by atoms with E-state index in [-0.39, 0.29) is 5.82 Å². The molecule has 1 aromatic heterocycles. The van der Waals surface area contributed by atoms with Crippen molar-refractivity contribution in [2.75, 3.05) is 37.6 Å². The van der Waals surface area contributed by atoms with E-state index < -0.39 is 0 Å². The fraction of sp³-hybridized carbons (Fsp3) is 0.429. The van der Waals surface area contributed by atoms with Crippen LogP contribution in [-0.2, 0) is 6.54 Å². The number of piperazine rings is 1. The zero-order chi connectivity index (χ0) is 18.6. The molecule has 4 rings (SSSR count). The minimum atomic E-state index is -0.238. The number of fused-ring (bicyclic) bond motifs is 1. The van der Waals surface area contributed by atoms with Gasteiger partial charge in [0.15, 0.2) is 0 Å². The zero-order valence-electron chi connectivity index (χ0n) is 15.8. The highest BCUT2D eigenvalue weighted by Crippen LogP contribution is 2.18. The van der Waals surface area contributed by atoms with Crippen LogP contribution < -0.4 is 4.90 Å². The Bertz CT molecular complexity index is 898. The van der Waals surface area contributed by atoms with E-state index >= 15 is 0 Å². The van der Waals surface area contributed by atoms with Crippen molar-refractivity contribution < 1.29 is 4.39 Å². The first-order chi connectivity index (χ1) is 13.2. The highest BCUT2D eigenvalue weighted by molar-refractivity contribution is 5.74. The fourth-order valence-corrected chi connectivity index (χ4v) is 3.75. The molecule has 0 aliphatic carbocycles. The Hall–Kier alpha value is -2.47. The van der Waals surface area contributed by atoms with Gasteiger partial charge in [0.05, 0.1) is 5.52 Å². The number of aromatic nitrogens is 3. The van der Waals surface area contributed by atoms with Crippen LogP contribution in [0, 0.1) is 12.7 Å². The molecule has 0 bridgehead atoms. The summed E-state index contributed by atoms with van der Waals surface area (Å²) in [7, 11) is 0. The summed E-state index contributed by atoms with van der Waals surface area (Å²) in [4.78, 5) is 5.00. The molecule has 0 spiro atoms. The van der Waals surface area contributed by atoms with E-state index in [2.05, 4.69) is 51.3 Å². The predicted molar refractivity (Wildman–Crippen MR) is 107 cm³/mol. The number of benzene rings is 2. The number of rotatable bonds is 6. The van der Waals surface area contributed by atoms with Crippen LogP contribution in [0.4, 0.5) is 10.1 Å². The summed E-state index contributed by atoms with van der Waals surface area (Å²) in [6, 6.07) is 13.4. The van der Waals surface area contributed by atoms with Crippen LogP contribution in [0.25, 0.3) is 11.0 Å². The second-order valence-corrected chi connectivity index (χ2v) is 7.32. The second-order valence-electron chi connectivity index (χ2n) is 7.32. The van der Waals surface area contributed by atoms with Gasteiger partial charge < -0.3 is 4.90 Å². The van der Waals surface area contributed by atoms with Crippen LogP contribution in [0.3, 0.4) is 0 Å². The molecule has 142 valence electrons. The molecule has 1 saturated heterocycles. The maximum Gasteiger partial charge on any atom is 0.125 e. The van der Waals surface area contributed by atoms with Gasteiger partial charge in [0.2, 0.25) is 0 Å². The molecule has 0 radical (unpaired) electrons. The average Bonchev–Trinajstić information content (AvgIpc) is 3.08. The molecule has 0 amide bonds. The summed E-state index contributed by atoms with van der Waals surface area (Å²) >= 11 is 0. The van der Waals surface area contributed by atoms with Crippen LogP contribution >= 0.6 is 0 Å². The van der Waals surface area contributed by atoms with Crippen LogP contribution in [0.1, 0.15) is 18.4 Å². The van der Waals surface area contributed by atoms with Crippen LogP contribution in [0.15, 0.2) is 42.5 Å². The molecular formula is C21H26FN5. The van der Waals surface area contributed by atoms with Gasteiger partial charge in [-0.05, 0) is 56.1 Å². The Balaban J connectivity index is 1.22. The van der Waals surface area contributed by atoms with Gasteiger partial charge in [-0.2, -0.15) is 0 Å². The normalized spacial score (nSPS) is 15.6. The Kier molecular flexibility index (Phi) is 5.34. The van der Waals surface area contributed by atoms with E-state index in [1.165, 1.54) is 23.4 Å². The van der Waals surface area contributed by atoms with E-state index in [0.29, 0.717) is 0 Å². The molecule has 1 aliphatic rings. The van der Waals surface area contributed by atoms with Gasteiger partial charge in [0, 0.05) is 44.5 Å². The molecular weight excluding hydrogens is 341 g/mol. The van der Waals surface area contributed by atoms with Crippen molar-refractivity contribution in [2.24, 2.45) is 0 Å². The van der Waals surface area contributed by atoms with Crippen molar-refractivity contribution in [3.8, 4) is 0 Å². The molecule has 3 aromatic rings. The van der Waals surface area contributed by atoms with E-state index in [1.807, 2.05) is 4.68 Å². The van der Waals surface area contributed by atoms with Crippen molar-refractivity contribution in [1.29, 1.82) is 0 Å². The fourth-order valence-electron chi connectivity index (χ4n) is 3.75.